The quantitative estimate of drug-likeness (QED) is 0.411. The van der Waals surface area contributed by atoms with Crippen LogP contribution in [-0.2, 0) is 26.2 Å². The number of carbonyl (C=O) groups excluding carboxylic acids is 2. The van der Waals surface area contributed by atoms with Crippen molar-refractivity contribution >= 4 is 34.2 Å². The molecule has 1 spiro atoms. The number of nitrogens with zero attached hydrogens (tertiary/aromatic N) is 6. The minimum Gasteiger partial charge on any atom is -0.342 e. The van der Waals surface area contributed by atoms with Gasteiger partial charge in [-0.25, -0.2) is 13.1 Å². The Balaban J connectivity index is 0.00000480. The number of hydrogen-bond acceptors (Lipinski definition) is 7. The molecule has 5 rings (SSSR count). The van der Waals surface area contributed by atoms with Crippen molar-refractivity contribution in [3.8, 4) is 5.69 Å². The molecule has 1 aromatic carbocycles. The molecule has 3 aliphatic rings. The van der Waals surface area contributed by atoms with E-state index in [4.69, 9.17) is 5.10 Å². The molecule has 2 amide bonds. The summed E-state index contributed by atoms with van der Waals surface area (Å²) in [7, 11) is -1.53. The standard InChI is InChI=1S/C33H51N7O4S.ClH/c1-7-8-15-39-31(41)30(22-24(2)3)34-32(42)33(39)13-16-37(17-14-33)23-29-25(4)35-40(26(29)5)27-9-11-28(12-10-27)45(43,44)38-20-18-36(6)19-21-38;/h9-12,24,30H,7-8,13-23H2,1-6H3,(H,34,42);1H/t30-;/m0./s1. The van der Waals surface area contributed by atoms with Crippen LogP contribution in [0.15, 0.2) is 29.2 Å². The lowest BCUT2D eigenvalue weighted by molar-refractivity contribution is -0.161. The highest BCUT2D eigenvalue weighted by Gasteiger charge is 2.53. The molecule has 4 heterocycles. The molecule has 46 heavy (non-hydrogen) atoms. The lowest BCUT2D eigenvalue weighted by Gasteiger charge is -2.52. The van der Waals surface area contributed by atoms with Crippen LogP contribution in [-0.4, -0.2) is 113 Å². The fourth-order valence-electron chi connectivity index (χ4n) is 7.04. The Labute approximate surface area is 281 Å². The van der Waals surface area contributed by atoms with Crippen molar-refractivity contribution in [3.05, 3.63) is 41.2 Å². The van der Waals surface area contributed by atoms with Crippen molar-refractivity contribution in [2.45, 2.75) is 89.7 Å². The number of nitrogens with one attached hydrogen (secondary N) is 1. The number of aryl methyl sites for hydroxylation is 1. The zero-order valence-corrected chi connectivity index (χ0v) is 29.9. The topological polar surface area (TPSA) is 111 Å². The number of amides is 2. The second kappa shape index (κ2) is 14.7. The van der Waals surface area contributed by atoms with E-state index < -0.39 is 21.6 Å². The van der Waals surface area contributed by atoms with Crippen LogP contribution in [0.1, 0.15) is 69.8 Å². The summed E-state index contributed by atoms with van der Waals surface area (Å²) in [5.41, 5.74) is 3.10. The van der Waals surface area contributed by atoms with Gasteiger partial charge in [-0.15, -0.1) is 12.4 Å². The molecule has 11 nitrogen and oxygen atoms in total. The molecule has 13 heteroatoms. The molecule has 0 unspecified atom stereocenters. The first-order valence-corrected chi connectivity index (χ1v) is 18.0. The van der Waals surface area contributed by atoms with E-state index in [2.05, 4.69) is 35.9 Å². The highest BCUT2D eigenvalue weighted by Crippen LogP contribution is 2.35. The van der Waals surface area contributed by atoms with E-state index in [1.807, 2.05) is 42.6 Å². The summed E-state index contributed by atoms with van der Waals surface area (Å²) in [5.74, 6) is 0.394. The van der Waals surface area contributed by atoms with Gasteiger partial charge in [0.1, 0.15) is 11.6 Å². The van der Waals surface area contributed by atoms with Crippen LogP contribution in [0.25, 0.3) is 5.69 Å². The molecular weight excluding hydrogens is 626 g/mol. The number of likely N-dealkylation sites (tertiary alicyclic amines) is 1. The first-order chi connectivity index (χ1) is 21.4. The van der Waals surface area contributed by atoms with Crippen LogP contribution in [0.2, 0.25) is 0 Å². The zero-order chi connectivity index (χ0) is 32.5. The normalized spacial score (nSPS) is 21.5. The van der Waals surface area contributed by atoms with Crippen molar-refractivity contribution in [1.82, 2.24) is 34.1 Å². The van der Waals surface area contributed by atoms with Gasteiger partial charge in [-0.2, -0.15) is 9.40 Å². The van der Waals surface area contributed by atoms with E-state index in [1.54, 1.807) is 16.4 Å². The Morgan fingerprint density at radius 3 is 2.22 bits per heavy atom. The molecule has 0 saturated carbocycles. The maximum Gasteiger partial charge on any atom is 0.246 e. The Kier molecular flexibility index (Phi) is 11.6. The Morgan fingerprint density at radius 2 is 1.63 bits per heavy atom. The summed E-state index contributed by atoms with van der Waals surface area (Å²) in [4.78, 5) is 33.9. The van der Waals surface area contributed by atoms with Gasteiger partial charge < -0.3 is 15.1 Å². The van der Waals surface area contributed by atoms with E-state index >= 15 is 0 Å². The molecule has 1 N–H and O–H groups in total. The Hall–Kier alpha value is -2.51. The molecule has 3 aliphatic heterocycles. The number of benzene rings is 1. The maximum atomic E-state index is 13.6. The Bertz CT molecular complexity index is 1480. The van der Waals surface area contributed by atoms with E-state index in [1.165, 1.54) is 0 Å². The molecule has 3 saturated heterocycles. The highest BCUT2D eigenvalue weighted by atomic mass is 35.5. The molecular formula is C33H52ClN7O4S. The number of carbonyl (C=O) groups is 2. The number of sulfonamides is 1. The largest absolute Gasteiger partial charge is 0.342 e. The summed E-state index contributed by atoms with van der Waals surface area (Å²) in [5, 5.41) is 7.92. The number of hydrogen-bond donors (Lipinski definition) is 1. The van der Waals surface area contributed by atoms with E-state index in [9.17, 15) is 18.0 Å². The predicted octanol–water partition coefficient (Wildman–Crippen LogP) is 3.35. The monoisotopic (exact) mass is 677 g/mol. The molecule has 0 radical (unpaired) electrons. The predicted molar refractivity (Wildman–Crippen MR) is 182 cm³/mol. The van der Waals surface area contributed by atoms with Gasteiger partial charge in [0.2, 0.25) is 21.8 Å². The molecule has 3 fully saturated rings. The van der Waals surface area contributed by atoms with Gasteiger partial charge in [0.25, 0.3) is 0 Å². The van der Waals surface area contributed by atoms with Crippen molar-refractivity contribution < 1.29 is 18.0 Å². The summed E-state index contributed by atoms with van der Waals surface area (Å²) in [6.07, 6.45) is 3.74. The summed E-state index contributed by atoms with van der Waals surface area (Å²) in [6, 6.07) is 6.57. The van der Waals surface area contributed by atoms with Gasteiger partial charge in [-0.05, 0) is 76.8 Å². The lowest BCUT2D eigenvalue weighted by Crippen LogP contribution is -2.73. The van der Waals surface area contributed by atoms with Crippen LogP contribution in [0.3, 0.4) is 0 Å². The van der Waals surface area contributed by atoms with Crippen molar-refractivity contribution in [3.63, 3.8) is 0 Å². The summed E-state index contributed by atoms with van der Waals surface area (Å²) in [6.45, 7) is 15.5. The smallest absolute Gasteiger partial charge is 0.246 e. The van der Waals surface area contributed by atoms with Crippen molar-refractivity contribution in [2.24, 2.45) is 5.92 Å². The van der Waals surface area contributed by atoms with Gasteiger partial charge in [-0.3, -0.25) is 14.5 Å². The van der Waals surface area contributed by atoms with Gasteiger partial charge in [0.05, 0.1) is 16.3 Å². The van der Waals surface area contributed by atoms with Crippen LogP contribution < -0.4 is 5.32 Å². The minimum atomic E-state index is -3.54. The molecule has 256 valence electrons. The number of piperazine rings is 2. The highest BCUT2D eigenvalue weighted by molar-refractivity contribution is 7.89. The fourth-order valence-corrected chi connectivity index (χ4v) is 8.46. The third-order valence-electron chi connectivity index (χ3n) is 9.94. The first-order valence-electron chi connectivity index (χ1n) is 16.6. The number of likely N-dealkylation sites (N-methyl/N-ethyl adjacent to an activating group) is 1. The van der Waals surface area contributed by atoms with Crippen LogP contribution in [0.4, 0.5) is 0 Å². The van der Waals surface area contributed by atoms with Crippen LogP contribution >= 0.6 is 12.4 Å². The second-order valence-electron chi connectivity index (χ2n) is 13.6. The number of unbranched alkanes of at least 4 members (excludes halogenated alkanes) is 1. The van der Waals surface area contributed by atoms with Crippen molar-refractivity contribution in [2.75, 3.05) is 52.9 Å². The average Bonchev–Trinajstić information content (AvgIpc) is 3.29. The number of aromatic nitrogens is 2. The van der Waals surface area contributed by atoms with Gasteiger partial charge >= 0.3 is 0 Å². The van der Waals surface area contributed by atoms with Gasteiger partial charge in [0.15, 0.2) is 0 Å². The Morgan fingerprint density at radius 1 is 1.00 bits per heavy atom. The summed E-state index contributed by atoms with van der Waals surface area (Å²) >= 11 is 0. The maximum absolute atomic E-state index is 13.6. The average molecular weight is 678 g/mol. The lowest BCUT2D eigenvalue weighted by atomic mass is 9.80. The molecule has 0 aliphatic carbocycles. The van der Waals surface area contributed by atoms with E-state index in [-0.39, 0.29) is 24.2 Å². The molecule has 2 aromatic rings. The molecule has 1 atom stereocenters. The van der Waals surface area contributed by atoms with Crippen LogP contribution in [0.5, 0.6) is 0 Å². The number of rotatable bonds is 10. The zero-order valence-electron chi connectivity index (χ0n) is 28.3. The van der Waals surface area contributed by atoms with Gasteiger partial charge in [-0.1, -0.05) is 27.2 Å². The van der Waals surface area contributed by atoms with E-state index in [0.29, 0.717) is 69.3 Å². The minimum absolute atomic E-state index is 0. The molecule has 1 aromatic heterocycles. The van der Waals surface area contributed by atoms with E-state index in [0.717, 1.165) is 48.6 Å². The number of halogens is 1. The third kappa shape index (κ3) is 7.16. The third-order valence-corrected chi connectivity index (χ3v) is 11.9. The van der Waals surface area contributed by atoms with Crippen LogP contribution in [0, 0.1) is 19.8 Å². The number of piperidine rings is 1. The van der Waals surface area contributed by atoms with Crippen molar-refractivity contribution in [1.29, 1.82) is 0 Å². The SMILES string of the molecule is CCCCN1C(=O)[C@H](CC(C)C)NC(=O)C12CCN(Cc1c(C)nn(-c3ccc(S(=O)(=O)N4CCN(C)CC4)cc3)c1C)CC2.Cl. The summed E-state index contributed by atoms with van der Waals surface area (Å²) < 4.78 is 29.9. The first kappa shape index (κ1) is 36.3. The second-order valence-corrected chi connectivity index (χ2v) is 15.5. The molecule has 0 bridgehead atoms. The van der Waals surface area contributed by atoms with Gasteiger partial charge in [0, 0.05) is 63.6 Å². The fraction of sp³-hybridized carbons (Fsp3) is 0.667.